The summed E-state index contributed by atoms with van der Waals surface area (Å²) in [6.07, 6.45) is 3.26. The molecule has 0 atom stereocenters. The lowest BCUT2D eigenvalue weighted by Crippen LogP contribution is -2.05. The van der Waals surface area contributed by atoms with E-state index in [9.17, 15) is 4.79 Å². The zero-order valence-electron chi connectivity index (χ0n) is 8.18. The van der Waals surface area contributed by atoms with Crippen LogP contribution < -0.4 is 0 Å². The molecular formula is C12H10N2O. The van der Waals surface area contributed by atoms with Gasteiger partial charge in [-0.1, -0.05) is 18.2 Å². The van der Waals surface area contributed by atoms with Gasteiger partial charge in [-0.25, -0.2) is 4.68 Å². The molecule has 1 aromatic heterocycles. The lowest BCUT2D eigenvalue weighted by Gasteiger charge is -2.03. The summed E-state index contributed by atoms with van der Waals surface area (Å²) in [4.78, 5) is 11.7. The number of aromatic nitrogens is 2. The molecule has 0 radical (unpaired) electrons. The molecule has 15 heavy (non-hydrogen) atoms. The number of nitrogens with zero attached hydrogens (tertiary/aromatic N) is 2. The highest BCUT2D eigenvalue weighted by atomic mass is 16.1. The van der Waals surface area contributed by atoms with Crippen molar-refractivity contribution in [1.29, 1.82) is 0 Å². The zero-order valence-corrected chi connectivity index (χ0v) is 8.18. The molecule has 0 bridgehead atoms. The highest BCUT2D eigenvalue weighted by molar-refractivity contribution is 5.99. The van der Waals surface area contributed by atoms with Gasteiger partial charge in [0.05, 0.1) is 11.9 Å². The lowest BCUT2D eigenvalue weighted by molar-refractivity contribution is 0.0987. The monoisotopic (exact) mass is 198 g/mol. The van der Waals surface area contributed by atoms with Gasteiger partial charge in [0.15, 0.2) is 5.78 Å². The number of hydrogen-bond acceptors (Lipinski definition) is 2. The third-order valence-electron chi connectivity index (χ3n) is 2.73. The third kappa shape index (κ3) is 1.20. The van der Waals surface area contributed by atoms with Gasteiger partial charge in [0.25, 0.3) is 0 Å². The van der Waals surface area contributed by atoms with Crippen LogP contribution in [0, 0.1) is 0 Å². The molecule has 3 nitrogen and oxygen atoms in total. The van der Waals surface area contributed by atoms with Gasteiger partial charge < -0.3 is 0 Å². The van der Waals surface area contributed by atoms with E-state index >= 15 is 0 Å². The zero-order chi connectivity index (χ0) is 10.3. The van der Waals surface area contributed by atoms with Crippen LogP contribution in [-0.2, 0) is 6.42 Å². The molecule has 1 aliphatic carbocycles. The van der Waals surface area contributed by atoms with Crippen molar-refractivity contribution in [3.63, 3.8) is 0 Å². The first kappa shape index (κ1) is 8.41. The van der Waals surface area contributed by atoms with Crippen molar-refractivity contribution >= 4 is 5.78 Å². The van der Waals surface area contributed by atoms with Gasteiger partial charge in [0.1, 0.15) is 5.69 Å². The number of ketones is 1. The van der Waals surface area contributed by atoms with Crippen molar-refractivity contribution in [2.45, 2.75) is 12.8 Å². The molecule has 0 fully saturated rings. The number of rotatable bonds is 1. The van der Waals surface area contributed by atoms with Crippen LogP contribution in [0.3, 0.4) is 0 Å². The summed E-state index contributed by atoms with van der Waals surface area (Å²) in [6.45, 7) is 0. The lowest BCUT2D eigenvalue weighted by atomic mass is 10.3. The highest BCUT2D eigenvalue weighted by Crippen LogP contribution is 2.23. The van der Waals surface area contributed by atoms with E-state index < -0.39 is 0 Å². The van der Waals surface area contributed by atoms with Crippen LogP contribution in [-0.4, -0.2) is 15.6 Å². The number of hydrogen-bond donors (Lipinski definition) is 0. The second kappa shape index (κ2) is 3.05. The third-order valence-corrected chi connectivity index (χ3v) is 2.73. The van der Waals surface area contributed by atoms with Gasteiger partial charge in [-0.3, -0.25) is 4.79 Å². The summed E-state index contributed by atoms with van der Waals surface area (Å²) in [7, 11) is 0. The number of aryl methyl sites for hydroxylation is 1. The van der Waals surface area contributed by atoms with Crippen LogP contribution in [0.4, 0.5) is 0 Å². The first-order valence-corrected chi connectivity index (χ1v) is 5.02. The molecule has 0 saturated carbocycles. The van der Waals surface area contributed by atoms with Crippen LogP contribution in [0.2, 0.25) is 0 Å². The van der Waals surface area contributed by atoms with Crippen molar-refractivity contribution in [2.75, 3.05) is 0 Å². The number of benzene rings is 1. The van der Waals surface area contributed by atoms with Gasteiger partial charge >= 0.3 is 0 Å². The minimum atomic E-state index is 0.200. The second-order valence-electron chi connectivity index (χ2n) is 3.69. The van der Waals surface area contributed by atoms with Crippen LogP contribution in [0.25, 0.3) is 5.69 Å². The average Bonchev–Trinajstić information content (AvgIpc) is 2.84. The van der Waals surface area contributed by atoms with E-state index in [1.807, 2.05) is 30.3 Å². The first-order chi connectivity index (χ1) is 7.36. The van der Waals surface area contributed by atoms with Gasteiger partial charge in [-0.2, -0.15) is 5.10 Å². The van der Waals surface area contributed by atoms with E-state index in [0.29, 0.717) is 6.42 Å². The molecule has 0 spiro atoms. The fourth-order valence-corrected chi connectivity index (χ4v) is 1.99. The van der Waals surface area contributed by atoms with E-state index in [4.69, 9.17) is 0 Å². The van der Waals surface area contributed by atoms with Gasteiger partial charge in [0.2, 0.25) is 0 Å². The smallest absolute Gasteiger partial charge is 0.181 e. The quantitative estimate of drug-likeness (QED) is 0.702. The fourth-order valence-electron chi connectivity index (χ4n) is 1.99. The summed E-state index contributed by atoms with van der Waals surface area (Å²) in [6, 6.07) is 9.76. The summed E-state index contributed by atoms with van der Waals surface area (Å²) >= 11 is 0. The Morgan fingerprint density at radius 1 is 1.13 bits per heavy atom. The number of carbonyl (C=O) groups is 1. The molecular weight excluding hydrogens is 188 g/mol. The molecule has 2 aromatic rings. The molecule has 0 N–H and O–H groups in total. The predicted molar refractivity (Wildman–Crippen MR) is 56.2 cm³/mol. The van der Waals surface area contributed by atoms with Gasteiger partial charge in [0, 0.05) is 12.0 Å². The number of fused-ring (bicyclic) bond motifs is 1. The fraction of sp³-hybridized carbons (Fsp3) is 0.167. The second-order valence-corrected chi connectivity index (χ2v) is 3.69. The Hall–Kier alpha value is -1.90. The molecule has 1 aliphatic rings. The predicted octanol–water partition coefficient (Wildman–Crippen LogP) is 2.00. The molecule has 0 saturated heterocycles. The summed E-state index contributed by atoms with van der Waals surface area (Å²) < 4.78 is 1.74. The number of para-hydroxylation sites is 1. The van der Waals surface area contributed by atoms with Crippen LogP contribution in [0.15, 0.2) is 36.5 Å². The Kier molecular flexibility index (Phi) is 1.71. The van der Waals surface area contributed by atoms with Crippen molar-refractivity contribution in [3.8, 4) is 5.69 Å². The largest absolute Gasteiger partial charge is 0.292 e. The Balaban J connectivity index is 2.19. The van der Waals surface area contributed by atoms with Crippen molar-refractivity contribution in [3.05, 3.63) is 47.8 Å². The van der Waals surface area contributed by atoms with E-state index in [2.05, 4.69) is 5.10 Å². The molecule has 3 heteroatoms. The number of carbonyl (C=O) groups excluding carboxylic acids is 1. The Morgan fingerprint density at radius 2 is 1.93 bits per heavy atom. The van der Waals surface area contributed by atoms with Crippen molar-refractivity contribution in [2.24, 2.45) is 0 Å². The van der Waals surface area contributed by atoms with Gasteiger partial charge in [-0.05, 0) is 18.6 Å². The normalized spacial score (nSPS) is 14.3. The molecule has 0 amide bonds. The first-order valence-electron chi connectivity index (χ1n) is 5.02. The Morgan fingerprint density at radius 3 is 2.73 bits per heavy atom. The van der Waals surface area contributed by atoms with Crippen molar-refractivity contribution < 1.29 is 4.79 Å². The topological polar surface area (TPSA) is 34.9 Å². The van der Waals surface area contributed by atoms with Crippen LogP contribution >= 0.6 is 0 Å². The van der Waals surface area contributed by atoms with Crippen LogP contribution in [0.1, 0.15) is 22.5 Å². The van der Waals surface area contributed by atoms with E-state index in [-0.39, 0.29) is 5.78 Å². The van der Waals surface area contributed by atoms with Crippen LogP contribution in [0.5, 0.6) is 0 Å². The number of Topliss-reactive ketones (excluding diaryl/α,β-unsaturated/α-hetero) is 1. The summed E-state index contributed by atoms with van der Waals surface area (Å²) in [5.74, 6) is 0.200. The maximum absolute atomic E-state index is 11.7. The maximum atomic E-state index is 11.7. The molecule has 3 rings (SSSR count). The van der Waals surface area contributed by atoms with E-state index in [1.54, 1.807) is 10.9 Å². The Bertz CT molecular complexity index is 514. The Labute approximate surface area is 87.3 Å². The SMILES string of the molecule is O=C1CCc2cnn(-c3ccccc3)c21. The minimum absolute atomic E-state index is 0.200. The molecule has 0 aliphatic heterocycles. The minimum Gasteiger partial charge on any atom is -0.292 e. The molecule has 1 heterocycles. The molecule has 0 unspecified atom stereocenters. The van der Waals surface area contributed by atoms with Gasteiger partial charge in [-0.15, -0.1) is 0 Å². The van der Waals surface area contributed by atoms with E-state index in [0.717, 1.165) is 23.4 Å². The maximum Gasteiger partial charge on any atom is 0.181 e. The molecule has 1 aromatic carbocycles. The van der Waals surface area contributed by atoms with Crippen molar-refractivity contribution in [1.82, 2.24) is 9.78 Å². The standard InChI is InChI=1S/C12H10N2O/c15-11-7-6-9-8-13-14(12(9)11)10-4-2-1-3-5-10/h1-5,8H,6-7H2. The molecule has 74 valence electrons. The highest BCUT2D eigenvalue weighted by Gasteiger charge is 2.25. The van der Waals surface area contributed by atoms with E-state index in [1.165, 1.54) is 0 Å². The summed E-state index contributed by atoms with van der Waals surface area (Å²) in [5, 5.41) is 4.25. The average molecular weight is 198 g/mol. The summed E-state index contributed by atoms with van der Waals surface area (Å²) in [5.41, 5.74) is 2.79.